The number of nitrogens with zero attached hydrogens (tertiary/aromatic N) is 2. The Labute approximate surface area is 108 Å². The molecule has 0 spiro atoms. The summed E-state index contributed by atoms with van der Waals surface area (Å²) < 4.78 is 1.04. The van der Waals surface area contributed by atoms with E-state index in [1.54, 1.807) is 0 Å². The molecule has 0 aliphatic carbocycles. The van der Waals surface area contributed by atoms with E-state index in [9.17, 15) is 0 Å². The van der Waals surface area contributed by atoms with Crippen LogP contribution >= 0.6 is 27.5 Å². The van der Waals surface area contributed by atoms with Gasteiger partial charge in [0.05, 0.1) is 11.6 Å². The summed E-state index contributed by atoms with van der Waals surface area (Å²) in [6.45, 7) is 1.94. The summed E-state index contributed by atoms with van der Waals surface area (Å²) >= 11 is 9.18. The van der Waals surface area contributed by atoms with Crippen LogP contribution in [0, 0.1) is 6.92 Å². The summed E-state index contributed by atoms with van der Waals surface area (Å²) in [5.41, 5.74) is 2.79. The van der Waals surface area contributed by atoms with E-state index < -0.39 is 0 Å². The molecule has 0 fully saturated rings. The van der Waals surface area contributed by atoms with Crippen LogP contribution in [-0.4, -0.2) is 9.97 Å². The van der Waals surface area contributed by atoms with Crippen molar-refractivity contribution in [2.24, 2.45) is 0 Å². The molecule has 1 aromatic carbocycles. The van der Waals surface area contributed by atoms with Gasteiger partial charge >= 0.3 is 0 Å². The number of hydrogen-bond acceptors (Lipinski definition) is 2. The van der Waals surface area contributed by atoms with Gasteiger partial charge in [0.15, 0.2) is 5.82 Å². The summed E-state index contributed by atoms with van der Waals surface area (Å²) in [5, 5.41) is 0. The molecule has 0 aliphatic rings. The molecule has 4 heteroatoms. The Bertz CT molecular complexity index is 497. The van der Waals surface area contributed by atoms with Crippen molar-refractivity contribution in [2.45, 2.75) is 12.8 Å². The number of hydrogen-bond donors (Lipinski definition) is 0. The zero-order valence-electron chi connectivity index (χ0n) is 8.74. The molecule has 1 aromatic heterocycles. The fraction of sp³-hybridized carbons (Fsp3) is 0.167. The van der Waals surface area contributed by atoms with E-state index in [4.69, 9.17) is 11.6 Å². The van der Waals surface area contributed by atoms with Crippen molar-refractivity contribution in [3.8, 4) is 11.4 Å². The quantitative estimate of drug-likeness (QED) is 0.784. The monoisotopic (exact) mass is 296 g/mol. The summed E-state index contributed by atoms with van der Waals surface area (Å²) in [7, 11) is 0. The van der Waals surface area contributed by atoms with E-state index in [2.05, 4.69) is 25.9 Å². The maximum atomic E-state index is 5.79. The third-order valence-electron chi connectivity index (χ3n) is 2.15. The normalized spacial score (nSPS) is 10.4. The van der Waals surface area contributed by atoms with Gasteiger partial charge in [-0.1, -0.05) is 28.1 Å². The van der Waals surface area contributed by atoms with Crippen molar-refractivity contribution >= 4 is 27.5 Å². The molecule has 0 unspecified atom stereocenters. The molecule has 82 valence electrons. The molecule has 2 nitrogen and oxygen atoms in total. The van der Waals surface area contributed by atoms with Crippen LogP contribution in [0.2, 0.25) is 0 Å². The number of alkyl halides is 1. The Morgan fingerprint density at radius 3 is 2.50 bits per heavy atom. The van der Waals surface area contributed by atoms with Gasteiger partial charge in [0.25, 0.3) is 0 Å². The Morgan fingerprint density at radius 1 is 1.19 bits per heavy atom. The van der Waals surface area contributed by atoms with Crippen LogP contribution in [0.3, 0.4) is 0 Å². The van der Waals surface area contributed by atoms with Gasteiger partial charge < -0.3 is 0 Å². The van der Waals surface area contributed by atoms with Gasteiger partial charge in [0.2, 0.25) is 0 Å². The van der Waals surface area contributed by atoms with Crippen LogP contribution in [0.15, 0.2) is 34.8 Å². The third-order valence-corrected chi connectivity index (χ3v) is 2.95. The average molecular weight is 298 g/mol. The molecule has 16 heavy (non-hydrogen) atoms. The first-order valence-corrected chi connectivity index (χ1v) is 6.18. The molecule has 2 aromatic rings. The van der Waals surface area contributed by atoms with E-state index >= 15 is 0 Å². The maximum Gasteiger partial charge on any atom is 0.159 e. The van der Waals surface area contributed by atoms with Gasteiger partial charge in [-0.25, -0.2) is 9.97 Å². The molecule has 0 radical (unpaired) electrons. The number of halogens is 2. The van der Waals surface area contributed by atoms with Gasteiger partial charge in [-0.05, 0) is 25.1 Å². The number of aryl methyl sites for hydroxylation is 1. The van der Waals surface area contributed by atoms with Crippen LogP contribution < -0.4 is 0 Å². The second-order valence-corrected chi connectivity index (χ2v) is 4.65. The molecule has 0 amide bonds. The van der Waals surface area contributed by atoms with Crippen molar-refractivity contribution in [3.63, 3.8) is 0 Å². The molecule has 2 rings (SSSR count). The second-order valence-electron chi connectivity index (χ2n) is 3.46. The molecule has 0 saturated heterocycles. The number of benzene rings is 1. The lowest BCUT2D eigenvalue weighted by atomic mass is 10.2. The fourth-order valence-corrected chi connectivity index (χ4v) is 1.83. The van der Waals surface area contributed by atoms with E-state index in [0.717, 1.165) is 27.2 Å². The minimum absolute atomic E-state index is 0.410. The lowest BCUT2D eigenvalue weighted by molar-refractivity contribution is 1.05. The molecule has 0 N–H and O–H groups in total. The Hall–Kier alpha value is -0.930. The van der Waals surface area contributed by atoms with E-state index in [0.29, 0.717) is 5.88 Å². The molecular weight excluding hydrogens is 288 g/mol. The van der Waals surface area contributed by atoms with Crippen LogP contribution in [0.4, 0.5) is 0 Å². The van der Waals surface area contributed by atoms with Crippen LogP contribution in [0.1, 0.15) is 11.4 Å². The smallest absolute Gasteiger partial charge is 0.159 e. The average Bonchev–Trinajstić information content (AvgIpc) is 2.29. The largest absolute Gasteiger partial charge is 0.233 e. The highest BCUT2D eigenvalue weighted by Crippen LogP contribution is 2.19. The molecule has 0 saturated carbocycles. The topological polar surface area (TPSA) is 25.8 Å². The predicted octanol–water partition coefficient (Wildman–Crippen LogP) is 3.95. The summed E-state index contributed by atoms with van der Waals surface area (Å²) in [6.07, 6.45) is 0. The van der Waals surface area contributed by atoms with Crippen LogP contribution in [-0.2, 0) is 5.88 Å². The highest BCUT2D eigenvalue weighted by atomic mass is 79.9. The van der Waals surface area contributed by atoms with Gasteiger partial charge in [0, 0.05) is 15.7 Å². The predicted molar refractivity (Wildman–Crippen MR) is 69.5 cm³/mol. The standard InChI is InChI=1S/C12H10BrClN2/c1-8-6-11(7-14)16-12(15-8)9-2-4-10(13)5-3-9/h2-6H,7H2,1H3. The SMILES string of the molecule is Cc1cc(CCl)nc(-c2ccc(Br)cc2)n1. The first-order chi connectivity index (χ1) is 7.69. The zero-order chi connectivity index (χ0) is 11.5. The summed E-state index contributed by atoms with van der Waals surface area (Å²) in [4.78, 5) is 8.79. The van der Waals surface area contributed by atoms with Crippen LogP contribution in [0.25, 0.3) is 11.4 Å². The Morgan fingerprint density at radius 2 is 1.88 bits per heavy atom. The molecule has 1 heterocycles. The first-order valence-electron chi connectivity index (χ1n) is 4.85. The van der Waals surface area contributed by atoms with Crippen molar-refractivity contribution in [1.29, 1.82) is 0 Å². The minimum Gasteiger partial charge on any atom is -0.233 e. The van der Waals surface area contributed by atoms with Gasteiger partial charge in [-0.2, -0.15) is 0 Å². The van der Waals surface area contributed by atoms with Gasteiger partial charge in [-0.15, -0.1) is 11.6 Å². The molecule has 0 bridgehead atoms. The Balaban J connectivity index is 2.47. The molecule has 0 atom stereocenters. The van der Waals surface area contributed by atoms with Crippen molar-refractivity contribution in [2.75, 3.05) is 0 Å². The second kappa shape index (κ2) is 4.93. The molecular formula is C12H10BrClN2. The fourth-order valence-electron chi connectivity index (χ4n) is 1.43. The number of rotatable bonds is 2. The van der Waals surface area contributed by atoms with Gasteiger partial charge in [0.1, 0.15) is 0 Å². The third kappa shape index (κ3) is 2.60. The summed E-state index contributed by atoms with van der Waals surface area (Å²) in [6, 6.07) is 9.81. The van der Waals surface area contributed by atoms with E-state index in [1.807, 2.05) is 37.3 Å². The van der Waals surface area contributed by atoms with Crippen molar-refractivity contribution < 1.29 is 0 Å². The molecule has 0 aliphatic heterocycles. The van der Waals surface area contributed by atoms with Crippen molar-refractivity contribution in [1.82, 2.24) is 9.97 Å². The minimum atomic E-state index is 0.410. The Kier molecular flexibility index (Phi) is 3.56. The van der Waals surface area contributed by atoms with Gasteiger partial charge in [-0.3, -0.25) is 0 Å². The summed E-state index contributed by atoms with van der Waals surface area (Å²) in [5.74, 6) is 1.13. The first kappa shape index (κ1) is 11.6. The zero-order valence-corrected chi connectivity index (χ0v) is 11.1. The van der Waals surface area contributed by atoms with E-state index in [1.165, 1.54) is 0 Å². The van der Waals surface area contributed by atoms with Crippen LogP contribution in [0.5, 0.6) is 0 Å². The number of aromatic nitrogens is 2. The van der Waals surface area contributed by atoms with Crippen molar-refractivity contribution in [3.05, 3.63) is 46.2 Å². The lowest BCUT2D eigenvalue weighted by Gasteiger charge is -2.04. The van der Waals surface area contributed by atoms with E-state index in [-0.39, 0.29) is 0 Å². The highest BCUT2D eigenvalue weighted by Gasteiger charge is 2.04. The lowest BCUT2D eigenvalue weighted by Crippen LogP contribution is -1.96. The highest BCUT2D eigenvalue weighted by molar-refractivity contribution is 9.10. The maximum absolute atomic E-state index is 5.79.